The molecule has 0 saturated carbocycles. The van der Waals surface area contributed by atoms with Crippen LogP contribution in [0.4, 0.5) is 5.69 Å². The Balaban J connectivity index is 1.45. The van der Waals surface area contributed by atoms with Gasteiger partial charge in [0.15, 0.2) is 0 Å². The fraction of sp³-hybridized carbons (Fsp3) is 0.320. The van der Waals surface area contributed by atoms with Crippen LogP contribution in [0.15, 0.2) is 67.0 Å². The van der Waals surface area contributed by atoms with Crippen molar-refractivity contribution in [3.8, 4) is 17.0 Å². The molecule has 0 radical (unpaired) electrons. The highest BCUT2D eigenvalue weighted by Crippen LogP contribution is 2.32. The Labute approximate surface area is 183 Å². The van der Waals surface area contributed by atoms with E-state index >= 15 is 0 Å². The van der Waals surface area contributed by atoms with Gasteiger partial charge in [0.05, 0.1) is 11.4 Å². The van der Waals surface area contributed by atoms with Crippen LogP contribution in [0.3, 0.4) is 0 Å². The van der Waals surface area contributed by atoms with Crippen molar-refractivity contribution in [1.29, 1.82) is 0 Å². The number of ether oxygens (including phenoxy) is 1. The third-order valence-electron chi connectivity index (χ3n) is 5.49. The molecule has 1 N–H and O–H groups in total. The zero-order chi connectivity index (χ0) is 21.5. The van der Waals surface area contributed by atoms with Gasteiger partial charge in [0.2, 0.25) is 5.91 Å². The average Bonchev–Trinajstić information content (AvgIpc) is 2.80. The van der Waals surface area contributed by atoms with Crippen LogP contribution in [0.25, 0.3) is 11.3 Å². The molecule has 1 aliphatic rings. The zero-order valence-electron chi connectivity index (χ0n) is 17.8. The molecule has 6 heteroatoms. The van der Waals surface area contributed by atoms with Crippen LogP contribution in [0.1, 0.15) is 31.4 Å². The van der Waals surface area contributed by atoms with E-state index in [2.05, 4.69) is 15.2 Å². The molecule has 1 fully saturated rings. The number of piperidine rings is 1. The Morgan fingerprint density at radius 1 is 1.13 bits per heavy atom. The molecule has 160 valence electrons. The number of benzene rings is 2. The minimum absolute atomic E-state index is 0.0860. The van der Waals surface area contributed by atoms with Gasteiger partial charge >= 0.3 is 0 Å². The lowest BCUT2D eigenvalue weighted by Crippen LogP contribution is -2.37. The summed E-state index contributed by atoms with van der Waals surface area (Å²) >= 11 is 0. The first-order valence-electron chi connectivity index (χ1n) is 10.8. The summed E-state index contributed by atoms with van der Waals surface area (Å²) in [6.45, 7) is 5.08. The van der Waals surface area contributed by atoms with Gasteiger partial charge in [-0.3, -0.25) is 19.7 Å². The number of nitrogens with one attached hydrogen (secondary N) is 1. The van der Waals surface area contributed by atoms with Crippen molar-refractivity contribution < 1.29 is 9.53 Å². The number of nitrogens with zero attached hydrogens (tertiary/aromatic N) is 3. The fourth-order valence-corrected chi connectivity index (χ4v) is 4.11. The van der Waals surface area contributed by atoms with E-state index in [1.807, 2.05) is 54.6 Å². The molecule has 0 aliphatic carbocycles. The molecule has 1 aliphatic heterocycles. The SMILES string of the molecule is CC(=O)Nc1cccc(-c2nccnc2[C@@H]2CCCN(CCOc3ccccc3)C2)c1. The molecule has 4 rings (SSSR count). The first-order chi connectivity index (χ1) is 15.2. The predicted octanol–water partition coefficient (Wildman–Crippen LogP) is 4.36. The number of anilines is 1. The third kappa shape index (κ3) is 5.67. The number of rotatable bonds is 7. The molecule has 0 spiro atoms. The number of carbonyl (C=O) groups is 1. The normalized spacial score (nSPS) is 16.6. The Bertz CT molecular complexity index is 1010. The van der Waals surface area contributed by atoms with E-state index in [0.717, 1.165) is 60.9 Å². The summed E-state index contributed by atoms with van der Waals surface area (Å²) in [5.74, 6) is 1.14. The van der Waals surface area contributed by atoms with Gasteiger partial charge < -0.3 is 10.1 Å². The maximum Gasteiger partial charge on any atom is 0.221 e. The topological polar surface area (TPSA) is 67.4 Å². The molecular formula is C25H28N4O2. The summed E-state index contributed by atoms with van der Waals surface area (Å²) in [5.41, 5.74) is 3.65. The molecule has 3 aromatic rings. The van der Waals surface area contributed by atoms with E-state index in [4.69, 9.17) is 9.72 Å². The van der Waals surface area contributed by atoms with Crippen molar-refractivity contribution in [1.82, 2.24) is 14.9 Å². The maximum absolute atomic E-state index is 11.4. The number of para-hydroxylation sites is 1. The first kappa shape index (κ1) is 21.0. The lowest BCUT2D eigenvalue weighted by atomic mass is 9.91. The maximum atomic E-state index is 11.4. The molecule has 6 nitrogen and oxygen atoms in total. The quantitative estimate of drug-likeness (QED) is 0.620. The van der Waals surface area contributed by atoms with Crippen LogP contribution in [0, 0.1) is 0 Å². The second-order valence-corrected chi connectivity index (χ2v) is 7.85. The van der Waals surface area contributed by atoms with Crippen LogP contribution in [0.2, 0.25) is 0 Å². The summed E-state index contributed by atoms with van der Waals surface area (Å²) in [6, 6.07) is 17.7. The summed E-state index contributed by atoms with van der Waals surface area (Å²) in [5, 5.41) is 2.85. The number of likely N-dealkylation sites (tertiary alicyclic amines) is 1. The van der Waals surface area contributed by atoms with Gasteiger partial charge in [-0.1, -0.05) is 30.3 Å². The molecule has 2 heterocycles. The molecule has 1 atom stereocenters. The van der Waals surface area contributed by atoms with Crippen molar-refractivity contribution in [2.45, 2.75) is 25.7 Å². The summed E-state index contributed by atoms with van der Waals surface area (Å²) in [7, 11) is 0. The molecule has 1 aromatic heterocycles. The molecule has 2 aromatic carbocycles. The lowest BCUT2D eigenvalue weighted by Gasteiger charge is -2.32. The van der Waals surface area contributed by atoms with E-state index in [1.54, 1.807) is 12.4 Å². The highest BCUT2D eigenvalue weighted by molar-refractivity contribution is 5.89. The standard InChI is InChI=1S/C25H28N4O2/c1-19(30)28-22-9-5-7-20(17-22)24-25(27-13-12-26-24)21-8-6-14-29(18-21)15-16-31-23-10-3-2-4-11-23/h2-5,7,9-13,17,21H,6,8,14-16,18H2,1H3,(H,28,30)/t21-/m1/s1. The van der Waals surface area contributed by atoms with E-state index in [1.165, 1.54) is 6.92 Å². The Hall–Kier alpha value is -3.25. The number of carbonyl (C=O) groups excluding carboxylic acids is 1. The molecular weight excluding hydrogens is 388 g/mol. The fourth-order valence-electron chi connectivity index (χ4n) is 4.11. The lowest BCUT2D eigenvalue weighted by molar-refractivity contribution is -0.114. The van der Waals surface area contributed by atoms with Gasteiger partial charge in [-0.25, -0.2) is 0 Å². The minimum Gasteiger partial charge on any atom is -0.492 e. The first-order valence-corrected chi connectivity index (χ1v) is 10.8. The number of aromatic nitrogens is 2. The van der Waals surface area contributed by atoms with Gasteiger partial charge in [0.1, 0.15) is 12.4 Å². The molecule has 0 unspecified atom stereocenters. The number of hydrogen-bond acceptors (Lipinski definition) is 5. The van der Waals surface area contributed by atoms with E-state index in [-0.39, 0.29) is 5.91 Å². The third-order valence-corrected chi connectivity index (χ3v) is 5.49. The zero-order valence-corrected chi connectivity index (χ0v) is 17.8. The summed E-state index contributed by atoms with van der Waals surface area (Å²) < 4.78 is 5.88. The average molecular weight is 417 g/mol. The summed E-state index contributed by atoms with van der Waals surface area (Å²) in [6.07, 6.45) is 5.72. The van der Waals surface area contributed by atoms with Gasteiger partial charge in [-0.15, -0.1) is 0 Å². The van der Waals surface area contributed by atoms with Crippen LogP contribution in [-0.2, 0) is 4.79 Å². The van der Waals surface area contributed by atoms with Crippen LogP contribution < -0.4 is 10.1 Å². The van der Waals surface area contributed by atoms with Gasteiger partial charge in [0, 0.05) is 49.6 Å². The smallest absolute Gasteiger partial charge is 0.221 e. The minimum atomic E-state index is -0.0860. The highest BCUT2D eigenvalue weighted by Gasteiger charge is 2.25. The largest absolute Gasteiger partial charge is 0.492 e. The van der Waals surface area contributed by atoms with Crippen LogP contribution >= 0.6 is 0 Å². The molecule has 31 heavy (non-hydrogen) atoms. The molecule has 0 bridgehead atoms. The van der Waals surface area contributed by atoms with Gasteiger partial charge in [-0.05, 0) is 43.7 Å². The second kappa shape index (κ2) is 10.2. The molecule has 1 amide bonds. The van der Waals surface area contributed by atoms with Crippen molar-refractivity contribution in [3.63, 3.8) is 0 Å². The summed E-state index contributed by atoms with van der Waals surface area (Å²) in [4.78, 5) is 23.3. The Morgan fingerprint density at radius 3 is 2.81 bits per heavy atom. The van der Waals surface area contributed by atoms with Crippen LogP contribution in [-0.4, -0.2) is 47.0 Å². The van der Waals surface area contributed by atoms with Crippen molar-refractivity contribution in [3.05, 3.63) is 72.7 Å². The van der Waals surface area contributed by atoms with Gasteiger partial charge in [-0.2, -0.15) is 0 Å². The van der Waals surface area contributed by atoms with Crippen molar-refractivity contribution >= 4 is 11.6 Å². The number of hydrogen-bond donors (Lipinski definition) is 1. The highest BCUT2D eigenvalue weighted by atomic mass is 16.5. The second-order valence-electron chi connectivity index (χ2n) is 7.85. The van der Waals surface area contributed by atoms with Crippen molar-refractivity contribution in [2.75, 3.05) is 31.6 Å². The molecule has 1 saturated heterocycles. The van der Waals surface area contributed by atoms with E-state index < -0.39 is 0 Å². The van der Waals surface area contributed by atoms with E-state index in [9.17, 15) is 4.79 Å². The van der Waals surface area contributed by atoms with E-state index in [0.29, 0.717) is 12.5 Å². The Morgan fingerprint density at radius 2 is 1.97 bits per heavy atom. The van der Waals surface area contributed by atoms with Gasteiger partial charge in [0.25, 0.3) is 0 Å². The Kier molecular flexibility index (Phi) is 6.89. The predicted molar refractivity (Wildman–Crippen MR) is 122 cm³/mol. The van der Waals surface area contributed by atoms with Crippen molar-refractivity contribution in [2.24, 2.45) is 0 Å². The number of amides is 1. The monoisotopic (exact) mass is 416 g/mol. The van der Waals surface area contributed by atoms with Crippen LogP contribution in [0.5, 0.6) is 5.75 Å².